The van der Waals surface area contributed by atoms with Crippen molar-refractivity contribution in [3.8, 4) is 0 Å². The zero-order valence-corrected chi connectivity index (χ0v) is 12.5. The van der Waals surface area contributed by atoms with Gasteiger partial charge in [0.1, 0.15) is 0 Å². The van der Waals surface area contributed by atoms with Gasteiger partial charge in [0.15, 0.2) is 0 Å². The van der Waals surface area contributed by atoms with Crippen LogP contribution in [0.3, 0.4) is 0 Å². The standard InChI is InChI=1S/C15H20ClN3O/c1-3-14(12-8-18-19(2)10-12)17-9-15(20)11-4-6-13(16)7-5-11/h4-8,10,14-15,17,20H,3,9H2,1-2H3. The van der Waals surface area contributed by atoms with Crippen molar-refractivity contribution in [3.63, 3.8) is 0 Å². The Hall–Kier alpha value is -1.36. The molecule has 0 bridgehead atoms. The van der Waals surface area contributed by atoms with Gasteiger partial charge in [0.25, 0.3) is 0 Å². The third kappa shape index (κ3) is 3.82. The molecule has 0 amide bonds. The van der Waals surface area contributed by atoms with Gasteiger partial charge < -0.3 is 10.4 Å². The lowest BCUT2D eigenvalue weighted by Crippen LogP contribution is -2.26. The summed E-state index contributed by atoms with van der Waals surface area (Å²) in [5, 5.41) is 18.4. The fourth-order valence-electron chi connectivity index (χ4n) is 2.17. The van der Waals surface area contributed by atoms with E-state index < -0.39 is 6.10 Å². The fraction of sp³-hybridized carbons (Fsp3) is 0.400. The van der Waals surface area contributed by atoms with Gasteiger partial charge in [-0.25, -0.2) is 0 Å². The minimum absolute atomic E-state index is 0.200. The van der Waals surface area contributed by atoms with Crippen molar-refractivity contribution in [2.45, 2.75) is 25.5 Å². The number of nitrogens with zero attached hydrogens (tertiary/aromatic N) is 2. The van der Waals surface area contributed by atoms with E-state index in [4.69, 9.17) is 11.6 Å². The molecule has 2 N–H and O–H groups in total. The van der Waals surface area contributed by atoms with Crippen LogP contribution >= 0.6 is 11.6 Å². The first kappa shape index (κ1) is 15.0. The van der Waals surface area contributed by atoms with Crippen LogP contribution in [-0.2, 0) is 7.05 Å². The molecule has 0 aliphatic heterocycles. The van der Waals surface area contributed by atoms with Gasteiger partial charge in [-0.05, 0) is 24.1 Å². The zero-order chi connectivity index (χ0) is 14.5. The van der Waals surface area contributed by atoms with E-state index in [9.17, 15) is 5.11 Å². The van der Waals surface area contributed by atoms with Gasteiger partial charge in [0.2, 0.25) is 0 Å². The van der Waals surface area contributed by atoms with Gasteiger partial charge in [0.05, 0.1) is 12.3 Å². The average molecular weight is 294 g/mol. The van der Waals surface area contributed by atoms with E-state index in [-0.39, 0.29) is 6.04 Å². The highest BCUT2D eigenvalue weighted by Gasteiger charge is 2.14. The summed E-state index contributed by atoms with van der Waals surface area (Å²) in [5.41, 5.74) is 2.00. The van der Waals surface area contributed by atoms with Crippen LogP contribution in [0.25, 0.3) is 0 Å². The zero-order valence-electron chi connectivity index (χ0n) is 11.8. The maximum absolute atomic E-state index is 10.2. The molecule has 1 heterocycles. The number of aliphatic hydroxyl groups excluding tert-OH is 1. The second-order valence-corrected chi connectivity index (χ2v) is 5.32. The van der Waals surface area contributed by atoms with Crippen LogP contribution in [0.15, 0.2) is 36.7 Å². The monoisotopic (exact) mass is 293 g/mol. The van der Waals surface area contributed by atoms with Crippen LogP contribution < -0.4 is 5.32 Å². The van der Waals surface area contributed by atoms with Crippen molar-refractivity contribution in [2.75, 3.05) is 6.54 Å². The Morgan fingerprint density at radius 1 is 1.30 bits per heavy atom. The van der Waals surface area contributed by atoms with Gasteiger partial charge in [-0.1, -0.05) is 30.7 Å². The number of nitrogens with one attached hydrogen (secondary N) is 1. The summed E-state index contributed by atoms with van der Waals surface area (Å²) in [6, 6.07) is 7.47. The molecule has 1 aromatic carbocycles. The van der Waals surface area contributed by atoms with Crippen LogP contribution in [0.4, 0.5) is 0 Å². The predicted molar refractivity (Wildman–Crippen MR) is 80.7 cm³/mol. The fourth-order valence-corrected chi connectivity index (χ4v) is 2.30. The molecular weight excluding hydrogens is 274 g/mol. The SMILES string of the molecule is CCC(NCC(O)c1ccc(Cl)cc1)c1cnn(C)c1. The molecule has 4 nitrogen and oxygen atoms in total. The first-order valence-corrected chi connectivity index (χ1v) is 7.13. The molecule has 0 fully saturated rings. The summed E-state index contributed by atoms with van der Waals surface area (Å²) in [6.45, 7) is 2.61. The number of aliphatic hydroxyl groups is 1. The highest BCUT2D eigenvalue weighted by molar-refractivity contribution is 6.30. The molecule has 0 saturated carbocycles. The van der Waals surface area contributed by atoms with Crippen molar-refractivity contribution in [2.24, 2.45) is 7.05 Å². The number of hydrogen-bond donors (Lipinski definition) is 2. The average Bonchev–Trinajstić information content (AvgIpc) is 2.86. The van der Waals surface area contributed by atoms with Crippen LogP contribution in [0.1, 0.15) is 36.6 Å². The maximum atomic E-state index is 10.2. The molecular formula is C15H20ClN3O. The number of aromatic nitrogens is 2. The van der Waals surface area contributed by atoms with Gasteiger partial charge in [-0.15, -0.1) is 0 Å². The van der Waals surface area contributed by atoms with Crippen molar-refractivity contribution in [3.05, 3.63) is 52.8 Å². The first-order chi connectivity index (χ1) is 9.60. The lowest BCUT2D eigenvalue weighted by Gasteiger charge is -2.18. The lowest BCUT2D eigenvalue weighted by atomic mass is 10.1. The molecule has 0 saturated heterocycles. The molecule has 108 valence electrons. The van der Waals surface area contributed by atoms with Gasteiger partial charge in [-0.2, -0.15) is 5.10 Å². The van der Waals surface area contributed by atoms with E-state index in [1.54, 1.807) is 16.8 Å². The minimum atomic E-state index is -0.544. The van der Waals surface area contributed by atoms with E-state index in [2.05, 4.69) is 17.3 Å². The molecule has 0 spiro atoms. The predicted octanol–water partition coefficient (Wildman–Crippen LogP) is 2.85. The molecule has 0 radical (unpaired) electrons. The van der Waals surface area contributed by atoms with Crippen molar-refractivity contribution >= 4 is 11.6 Å². The van der Waals surface area contributed by atoms with E-state index in [1.807, 2.05) is 31.6 Å². The maximum Gasteiger partial charge on any atom is 0.0914 e. The molecule has 0 aliphatic rings. The normalized spacial score (nSPS) is 14.2. The summed E-state index contributed by atoms with van der Waals surface area (Å²) < 4.78 is 1.79. The Kier molecular flexibility index (Phi) is 5.17. The van der Waals surface area contributed by atoms with Crippen LogP contribution in [0, 0.1) is 0 Å². The summed E-state index contributed by atoms with van der Waals surface area (Å²) in [5.74, 6) is 0. The smallest absolute Gasteiger partial charge is 0.0914 e. The third-order valence-electron chi connectivity index (χ3n) is 3.35. The Morgan fingerprint density at radius 2 is 2.00 bits per heavy atom. The Morgan fingerprint density at radius 3 is 2.55 bits per heavy atom. The van der Waals surface area contributed by atoms with Gasteiger partial charge in [0, 0.05) is 36.4 Å². The number of halogens is 1. The van der Waals surface area contributed by atoms with Crippen LogP contribution in [0.2, 0.25) is 5.02 Å². The molecule has 20 heavy (non-hydrogen) atoms. The number of hydrogen-bond acceptors (Lipinski definition) is 3. The second kappa shape index (κ2) is 6.88. The van der Waals surface area contributed by atoms with E-state index in [0.29, 0.717) is 11.6 Å². The van der Waals surface area contributed by atoms with E-state index in [0.717, 1.165) is 17.5 Å². The molecule has 0 aliphatic carbocycles. The van der Waals surface area contributed by atoms with Crippen LogP contribution in [-0.4, -0.2) is 21.4 Å². The number of aryl methyl sites for hydroxylation is 1. The second-order valence-electron chi connectivity index (χ2n) is 4.88. The third-order valence-corrected chi connectivity index (χ3v) is 3.60. The molecule has 5 heteroatoms. The number of rotatable bonds is 6. The highest BCUT2D eigenvalue weighted by Crippen LogP contribution is 2.19. The Bertz CT molecular complexity index is 538. The Labute approximate surface area is 124 Å². The van der Waals surface area contributed by atoms with E-state index in [1.165, 1.54) is 0 Å². The minimum Gasteiger partial charge on any atom is -0.387 e. The van der Waals surface area contributed by atoms with Crippen molar-refractivity contribution in [1.29, 1.82) is 0 Å². The molecule has 1 aromatic heterocycles. The summed E-state index contributed by atoms with van der Waals surface area (Å²) >= 11 is 5.84. The topological polar surface area (TPSA) is 50.1 Å². The Balaban J connectivity index is 1.94. The van der Waals surface area contributed by atoms with Crippen molar-refractivity contribution < 1.29 is 5.11 Å². The highest BCUT2D eigenvalue weighted by atomic mass is 35.5. The first-order valence-electron chi connectivity index (χ1n) is 6.75. The largest absolute Gasteiger partial charge is 0.387 e. The molecule has 2 atom stereocenters. The lowest BCUT2D eigenvalue weighted by molar-refractivity contribution is 0.169. The van der Waals surface area contributed by atoms with E-state index >= 15 is 0 Å². The number of benzene rings is 1. The summed E-state index contributed by atoms with van der Waals surface area (Å²) in [7, 11) is 1.90. The van der Waals surface area contributed by atoms with Gasteiger partial charge in [-0.3, -0.25) is 4.68 Å². The van der Waals surface area contributed by atoms with Crippen molar-refractivity contribution in [1.82, 2.24) is 15.1 Å². The molecule has 2 rings (SSSR count). The quantitative estimate of drug-likeness (QED) is 0.861. The summed E-state index contributed by atoms with van der Waals surface area (Å²) in [4.78, 5) is 0. The summed E-state index contributed by atoms with van der Waals surface area (Å²) in [6.07, 6.45) is 4.25. The molecule has 2 unspecified atom stereocenters. The van der Waals surface area contributed by atoms with Gasteiger partial charge >= 0.3 is 0 Å². The molecule has 2 aromatic rings. The van der Waals surface area contributed by atoms with Crippen LogP contribution in [0.5, 0.6) is 0 Å².